The lowest BCUT2D eigenvalue weighted by molar-refractivity contribution is 0.242. The minimum absolute atomic E-state index is 0.482. The number of aromatic nitrogens is 2. The number of nitrogens with zero attached hydrogens (tertiary/aromatic N) is 3. The summed E-state index contributed by atoms with van der Waals surface area (Å²) in [4.78, 5) is 2.52. The molecular weight excluding hydrogens is 212 g/mol. The van der Waals surface area contributed by atoms with Crippen molar-refractivity contribution in [2.75, 3.05) is 19.6 Å². The Morgan fingerprint density at radius 1 is 1.47 bits per heavy atom. The predicted octanol–water partition coefficient (Wildman–Crippen LogP) is 1.63. The molecule has 2 N–H and O–H groups in total. The lowest BCUT2D eigenvalue weighted by atomic mass is 9.96. The predicted molar refractivity (Wildman–Crippen MR) is 69.7 cm³/mol. The van der Waals surface area contributed by atoms with Crippen molar-refractivity contribution in [1.29, 1.82) is 0 Å². The molecule has 4 nitrogen and oxygen atoms in total. The molecule has 2 atom stereocenters. The molecule has 96 valence electrons. The number of hydrogen-bond donors (Lipinski definition) is 1. The van der Waals surface area contributed by atoms with Gasteiger partial charge in [-0.15, -0.1) is 0 Å². The fraction of sp³-hybridized carbons (Fsp3) is 0.769. The Hall–Kier alpha value is -0.870. The lowest BCUT2D eigenvalue weighted by Crippen LogP contribution is -2.27. The summed E-state index contributed by atoms with van der Waals surface area (Å²) < 4.78 is 2.05. The Morgan fingerprint density at radius 2 is 2.29 bits per heavy atom. The summed E-state index contributed by atoms with van der Waals surface area (Å²) in [5.41, 5.74) is 7.23. The van der Waals surface area contributed by atoms with Crippen LogP contribution >= 0.6 is 0 Å². The quantitative estimate of drug-likeness (QED) is 0.845. The first-order valence-electron chi connectivity index (χ1n) is 6.76. The zero-order valence-corrected chi connectivity index (χ0v) is 11.0. The molecule has 1 fully saturated rings. The molecule has 4 heteroatoms. The zero-order chi connectivity index (χ0) is 12.3. The Balaban J connectivity index is 2.16. The van der Waals surface area contributed by atoms with E-state index in [9.17, 15) is 0 Å². The van der Waals surface area contributed by atoms with Crippen LogP contribution in [0, 0.1) is 5.92 Å². The minimum atomic E-state index is 0.482. The van der Waals surface area contributed by atoms with Gasteiger partial charge in [-0.25, -0.2) is 0 Å². The van der Waals surface area contributed by atoms with Crippen LogP contribution in [0.25, 0.3) is 0 Å². The van der Waals surface area contributed by atoms with Crippen LogP contribution in [0.2, 0.25) is 0 Å². The number of rotatable bonds is 5. The second-order valence-corrected chi connectivity index (χ2v) is 4.89. The summed E-state index contributed by atoms with van der Waals surface area (Å²) in [7, 11) is 0. The number of likely N-dealkylation sites (tertiary alicyclic amines) is 1. The molecule has 0 saturated carbocycles. The monoisotopic (exact) mass is 236 g/mol. The third-order valence-corrected chi connectivity index (χ3v) is 3.78. The van der Waals surface area contributed by atoms with Crippen LogP contribution in [-0.4, -0.2) is 34.3 Å². The Morgan fingerprint density at radius 3 is 2.94 bits per heavy atom. The molecule has 2 unspecified atom stereocenters. The van der Waals surface area contributed by atoms with Crippen LogP contribution in [0.5, 0.6) is 0 Å². The molecule has 0 radical (unpaired) electrons. The third kappa shape index (κ3) is 2.53. The van der Waals surface area contributed by atoms with E-state index in [0.717, 1.165) is 26.1 Å². The van der Waals surface area contributed by atoms with Gasteiger partial charge in [0.2, 0.25) is 0 Å². The van der Waals surface area contributed by atoms with E-state index in [1.54, 1.807) is 0 Å². The molecule has 1 aliphatic rings. The zero-order valence-electron chi connectivity index (χ0n) is 11.0. The standard InChI is InChI=1S/C13H24N4/c1-3-6-17-10-12(9-15-17)13-11(8-14)5-7-16(13)4-2/h9-11,13H,3-8,14H2,1-2H3. The molecule has 0 aromatic carbocycles. The van der Waals surface area contributed by atoms with Crippen LogP contribution in [0.15, 0.2) is 12.4 Å². The average molecular weight is 236 g/mol. The van der Waals surface area contributed by atoms with Crippen molar-refractivity contribution in [3.8, 4) is 0 Å². The highest BCUT2D eigenvalue weighted by Gasteiger charge is 2.34. The van der Waals surface area contributed by atoms with Crippen molar-refractivity contribution in [3.05, 3.63) is 18.0 Å². The smallest absolute Gasteiger partial charge is 0.0537 e. The van der Waals surface area contributed by atoms with E-state index in [1.807, 2.05) is 6.20 Å². The Kier molecular flexibility index (Phi) is 4.18. The molecule has 17 heavy (non-hydrogen) atoms. The van der Waals surface area contributed by atoms with Gasteiger partial charge in [0, 0.05) is 24.3 Å². The van der Waals surface area contributed by atoms with Crippen molar-refractivity contribution < 1.29 is 0 Å². The summed E-state index contributed by atoms with van der Waals surface area (Å²) >= 11 is 0. The fourth-order valence-electron chi connectivity index (χ4n) is 2.89. The van der Waals surface area contributed by atoms with Gasteiger partial charge in [0.1, 0.15) is 0 Å². The maximum atomic E-state index is 5.89. The highest BCUT2D eigenvalue weighted by Crippen LogP contribution is 2.36. The van der Waals surface area contributed by atoms with Crippen molar-refractivity contribution in [3.63, 3.8) is 0 Å². The van der Waals surface area contributed by atoms with Crippen LogP contribution in [-0.2, 0) is 6.54 Å². The first kappa shape index (κ1) is 12.6. The average Bonchev–Trinajstić information content (AvgIpc) is 2.94. The van der Waals surface area contributed by atoms with E-state index in [2.05, 4.69) is 34.7 Å². The van der Waals surface area contributed by atoms with Crippen LogP contribution < -0.4 is 5.73 Å². The Bertz CT molecular complexity index is 335. The lowest BCUT2D eigenvalue weighted by Gasteiger charge is -2.25. The van der Waals surface area contributed by atoms with Crippen molar-refractivity contribution in [2.24, 2.45) is 11.7 Å². The summed E-state index contributed by atoms with van der Waals surface area (Å²) in [6.07, 6.45) is 6.57. The van der Waals surface area contributed by atoms with E-state index in [1.165, 1.54) is 18.5 Å². The highest BCUT2D eigenvalue weighted by molar-refractivity contribution is 5.14. The maximum Gasteiger partial charge on any atom is 0.0537 e. The van der Waals surface area contributed by atoms with Crippen LogP contribution in [0.1, 0.15) is 38.3 Å². The topological polar surface area (TPSA) is 47.1 Å². The van der Waals surface area contributed by atoms with Crippen molar-refractivity contribution >= 4 is 0 Å². The Labute approximate surface area is 104 Å². The van der Waals surface area contributed by atoms with Crippen LogP contribution in [0.4, 0.5) is 0 Å². The third-order valence-electron chi connectivity index (χ3n) is 3.78. The molecule has 0 aliphatic carbocycles. The van der Waals surface area contributed by atoms with Gasteiger partial charge >= 0.3 is 0 Å². The molecule has 1 aromatic rings. The normalized spacial score (nSPS) is 25.6. The van der Waals surface area contributed by atoms with Gasteiger partial charge in [-0.05, 0) is 38.4 Å². The van der Waals surface area contributed by atoms with Gasteiger partial charge in [-0.1, -0.05) is 13.8 Å². The molecule has 0 bridgehead atoms. The largest absolute Gasteiger partial charge is 0.330 e. The molecule has 2 heterocycles. The second-order valence-electron chi connectivity index (χ2n) is 4.89. The van der Waals surface area contributed by atoms with Gasteiger partial charge in [0.15, 0.2) is 0 Å². The minimum Gasteiger partial charge on any atom is -0.330 e. The molecule has 1 saturated heterocycles. The van der Waals surface area contributed by atoms with Crippen molar-refractivity contribution in [2.45, 2.75) is 39.3 Å². The van der Waals surface area contributed by atoms with Crippen molar-refractivity contribution in [1.82, 2.24) is 14.7 Å². The van der Waals surface area contributed by atoms with Crippen LogP contribution in [0.3, 0.4) is 0 Å². The molecule has 0 spiro atoms. The second kappa shape index (κ2) is 5.65. The molecule has 0 amide bonds. The highest BCUT2D eigenvalue weighted by atomic mass is 15.3. The SMILES string of the molecule is CCCn1cc(C2C(CN)CCN2CC)cn1. The van der Waals surface area contributed by atoms with Gasteiger partial charge in [-0.2, -0.15) is 5.10 Å². The summed E-state index contributed by atoms with van der Waals surface area (Å²) in [5, 5.41) is 4.44. The summed E-state index contributed by atoms with van der Waals surface area (Å²) in [6, 6.07) is 0.482. The summed E-state index contributed by atoms with van der Waals surface area (Å²) in [5.74, 6) is 0.592. The maximum absolute atomic E-state index is 5.89. The van der Waals surface area contributed by atoms with E-state index in [0.29, 0.717) is 12.0 Å². The molecule has 1 aromatic heterocycles. The van der Waals surface area contributed by atoms with Gasteiger partial charge in [0.05, 0.1) is 6.20 Å². The van der Waals surface area contributed by atoms with Gasteiger partial charge in [0.25, 0.3) is 0 Å². The number of aryl methyl sites for hydroxylation is 1. The van der Waals surface area contributed by atoms with E-state index in [4.69, 9.17) is 5.73 Å². The number of nitrogens with two attached hydrogens (primary N) is 1. The van der Waals surface area contributed by atoms with E-state index < -0.39 is 0 Å². The first-order valence-corrected chi connectivity index (χ1v) is 6.76. The first-order chi connectivity index (χ1) is 8.30. The number of hydrogen-bond acceptors (Lipinski definition) is 3. The molecule has 2 rings (SSSR count). The van der Waals surface area contributed by atoms with E-state index >= 15 is 0 Å². The summed E-state index contributed by atoms with van der Waals surface area (Å²) in [6.45, 7) is 8.45. The molecule has 1 aliphatic heterocycles. The fourth-order valence-corrected chi connectivity index (χ4v) is 2.89. The van der Waals surface area contributed by atoms with E-state index in [-0.39, 0.29) is 0 Å². The van der Waals surface area contributed by atoms with Gasteiger partial charge < -0.3 is 5.73 Å². The molecular formula is C13H24N4. The van der Waals surface area contributed by atoms with Gasteiger partial charge in [-0.3, -0.25) is 9.58 Å².